The molecule has 6 aromatic rings. The maximum atomic E-state index is 11.2. The summed E-state index contributed by atoms with van der Waals surface area (Å²) in [6, 6.07) is 20.2. The molecule has 7 nitrogen and oxygen atoms in total. The number of carbonyl (C=O) groups is 1. The molecule has 0 atom stereocenters. The Bertz CT molecular complexity index is 2030. The lowest BCUT2D eigenvalue weighted by molar-refractivity contribution is 0.112. The van der Waals surface area contributed by atoms with Gasteiger partial charge in [0.2, 0.25) is 5.89 Å². The zero-order chi connectivity index (χ0) is 30.2. The Kier molecular flexibility index (Phi) is 7.58. The number of nitrogens with zero attached hydrogens (tertiary/aromatic N) is 4. The lowest BCUT2D eigenvalue weighted by Crippen LogP contribution is -2.29. The number of aromatic nitrogens is 3. The number of rotatable bonds is 7. The summed E-state index contributed by atoms with van der Waals surface area (Å²) >= 11 is 6.72. The van der Waals surface area contributed by atoms with Crippen LogP contribution in [0.5, 0.6) is 0 Å². The van der Waals surface area contributed by atoms with Gasteiger partial charge < -0.3 is 9.73 Å². The van der Waals surface area contributed by atoms with Crippen molar-refractivity contribution in [1.82, 2.24) is 19.9 Å². The van der Waals surface area contributed by atoms with Crippen molar-refractivity contribution < 1.29 is 9.21 Å². The average Bonchev–Trinajstić information content (AvgIpc) is 3.47. The van der Waals surface area contributed by atoms with Gasteiger partial charge in [0.1, 0.15) is 11.0 Å². The first-order valence-corrected chi connectivity index (χ1v) is 15.3. The second kappa shape index (κ2) is 11.8. The normalized spacial score (nSPS) is 13.9. The van der Waals surface area contributed by atoms with Crippen LogP contribution in [-0.4, -0.2) is 39.2 Å². The number of anilines is 2. The van der Waals surface area contributed by atoms with Crippen molar-refractivity contribution in [3.05, 3.63) is 100 Å². The second-order valence-electron chi connectivity index (χ2n) is 11.5. The summed E-state index contributed by atoms with van der Waals surface area (Å²) in [4.78, 5) is 27.7. The monoisotopic (exact) mass is 601 g/mol. The SMILES string of the molecule is Cc1c(Nc2nccc3cc(C=O)cnc23)cccc1-c1cccc(-c2nc3cc(CN4CCCCC4)cc(Cl)c3o2)c1C. The molecule has 4 heterocycles. The van der Waals surface area contributed by atoms with Crippen LogP contribution >= 0.6 is 11.6 Å². The predicted octanol–water partition coefficient (Wildman–Crippen LogP) is 8.92. The summed E-state index contributed by atoms with van der Waals surface area (Å²) in [5.41, 5.74) is 9.95. The molecule has 0 aliphatic carbocycles. The number of hydrogen-bond acceptors (Lipinski definition) is 7. The summed E-state index contributed by atoms with van der Waals surface area (Å²) in [5, 5.41) is 4.92. The number of hydrogen-bond donors (Lipinski definition) is 1. The first-order valence-electron chi connectivity index (χ1n) is 15.0. The number of carbonyl (C=O) groups excluding carboxylic acids is 1. The van der Waals surface area contributed by atoms with E-state index in [0.29, 0.717) is 33.4 Å². The number of likely N-dealkylation sites (tertiary alicyclic amines) is 1. The summed E-state index contributed by atoms with van der Waals surface area (Å²) in [6.07, 6.45) is 7.89. The van der Waals surface area contributed by atoms with E-state index in [4.69, 9.17) is 21.0 Å². The molecule has 0 radical (unpaired) electrons. The number of nitrogens with one attached hydrogen (secondary N) is 1. The number of oxazole rings is 1. The summed E-state index contributed by atoms with van der Waals surface area (Å²) < 4.78 is 6.29. The maximum absolute atomic E-state index is 11.2. The van der Waals surface area contributed by atoms with E-state index in [9.17, 15) is 4.79 Å². The van der Waals surface area contributed by atoms with Crippen molar-refractivity contribution in [3.8, 4) is 22.6 Å². The Morgan fingerprint density at radius 2 is 1.70 bits per heavy atom. The lowest BCUT2D eigenvalue weighted by atomic mass is 9.93. The summed E-state index contributed by atoms with van der Waals surface area (Å²) in [7, 11) is 0. The van der Waals surface area contributed by atoms with Crippen molar-refractivity contribution in [2.45, 2.75) is 39.7 Å². The standard InChI is InChI=1S/C36H32ClN5O2/c1-22-27(28-9-7-11-31(23(28)2)40-35-33-26(12-13-38-35)16-25(21-43)19-39-33)8-6-10-29(22)36-41-32-18-24(17-30(37)34(32)44-36)20-42-14-4-3-5-15-42/h6-13,16-19,21H,3-5,14-15,20H2,1-2H3,(H,38,40). The van der Waals surface area contributed by atoms with E-state index in [1.165, 1.54) is 19.3 Å². The predicted molar refractivity (Wildman–Crippen MR) is 177 cm³/mol. The van der Waals surface area contributed by atoms with Crippen LogP contribution in [0.3, 0.4) is 0 Å². The van der Waals surface area contributed by atoms with E-state index in [1.807, 2.05) is 42.5 Å². The Labute approximate surface area is 260 Å². The number of fused-ring (bicyclic) bond motifs is 2. The van der Waals surface area contributed by atoms with Crippen molar-refractivity contribution in [1.29, 1.82) is 0 Å². The Morgan fingerprint density at radius 3 is 2.52 bits per heavy atom. The minimum Gasteiger partial charge on any atom is -0.434 e. The molecule has 0 bridgehead atoms. The van der Waals surface area contributed by atoms with Gasteiger partial charge in [-0.05, 0) is 104 Å². The first kappa shape index (κ1) is 28.2. The van der Waals surface area contributed by atoms with Gasteiger partial charge in [-0.2, -0.15) is 0 Å². The van der Waals surface area contributed by atoms with Gasteiger partial charge in [-0.25, -0.2) is 9.97 Å². The molecule has 3 aromatic carbocycles. The number of piperidine rings is 1. The van der Waals surface area contributed by atoms with Crippen LogP contribution in [0.2, 0.25) is 5.02 Å². The molecule has 1 aliphatic heterocycles. The highest BCUT2D eigenvalue weighted by Crippen LogP contribution is 2.38. The minimum absolute atomic E-state index is 0.530. The van der Waals surface area contributed by atoms with Gasteiger partial charge in [0.25, 0.3) is 0 Å². The molecule has 1 saturated heterocycles. The van der Waals surface area contributed by atoms with Crippen molar-refractivity contribution in [3.63, 3.8) is 0 Å². The molecule has 0 spiro atoms. The second-order valence-corrected chi connectivity index (χ2v) is 11.9. The van der Waals surface area contributed by atoms with Crippen LogP contribution in [0, 0.1) is 13.8 Å². The molecular formula is C36H32ClN5O2. The van der Waals surface area contributed by atoms with Crippen LogP contribution in [0.1, 0.15) is 46.3 Å². The molecule has 220 valence electrons. The fourth-order valence-electron chi connectivity index (χ4n) is 6.21. The van der Waals surface area contributed by atoms with Crippen LogP contribution in [0.25, 0.3) is 44.6 Å². The van der Waals surface area contributed by atoms with E-state index in [-0.39, 0.29) is 0 Å². The summed E-state index contributed by atoms with van der Waals surface area (Å²) in [5.74, 6) is 1.19. The van der Waals surface area contributed by atoms with Gasteiger partial charge in [-0.3, -0.25) is 14.7 Å². The third-order valence-corrected chi connectivity index (χ3v) is 8.84. The largest absolute Gasteiger partial charge is 0.434 e. The Morgan fingerprint density at radius 1 is 0.932 bits per heavy atom. The molecule has 1 fully saturated rings. The van der Waals surface area contributed by atoms with Crippen LogP contribution in [0.15, 0.2) is 77.5 Å². The molecule has 8 heteroatoms. The van der Waals surface area contributed by atoms with Crippen LogP contribution < -0.4 is 5.32 Å². The molecular weight excluding hydrogens is 570 g/mol. The van der Waals surface area contributed by atoms with Gasteiger partial charge >= 0.3 is 0 Å². The highest BCUT2D eigenvalue weighted by Gasteiger charge is 2.19. The van der Waals surface area contributed by atoms with Crippen LogP contribution in [-0.2, 0) is 6.54 Å². The van der Waals surface area contributed by atoms with Crippen molar-refractivity contribution in [2.24, 2.45) is 0 Å². The Hall–Kier alpha value is -4.59. The van der Waals surface area contributed by atoms with E-state index in [0.717, 1.165) is 75.9 Å². The topological polar surface area (TPSA) is 84.2 Å². The number of benzene rings is 3. The molecule has 0 amide bonds. The fourth-order valence-corrected chi connectivity index (χ4v) is 6.49. The number of halogens is 1. The van der Waals surface area contributed by atoms with Gasteiger partial charge in [-0.1, -0.05) is 42.3 Å². The first-order chi connectivity index (χ1) is 21.5. The molecule has 1 aliphatic rings. The molecule has 0 saturated carbocycles. The van der Waals surface area contributed by atoms with Crippen molar-refractivity contribution >= 4 is 51.4 Å². The highest BCUT2D eigenvalue weighted by molar-refractivity contribution is 6.34. The van der Waals surface area contributed by atoms with Crippen LogP contribution in [0.4, 0.5) is 11.5 Å². The summed E-state index contributed by atoms with van der Waals surface area (Å²) in [6.45, 7) is 7.32. The average molecular weight is 602 g/mol. The third-order valence-electron chi connectivity index (χ3n) is 8.56. The maximum Gasteiger partial charge on any atom is 0.227 e. The van der Waals surface area contributed by atoms with E-state index < -0.39 is 0 Å². The zero-order valence-electron chi connectivity index (χ0n) is 24.7. The van der Waals surface area contributed by atoms with E-state index in [2.05, 4.69) is 52.2 Å². The molecule has 3 aromatic heterocycles. The van der Waals surface area contributed by atoms with Crippen molar-refractivity contribution in [2.75, 3.05) is 18.4 Å². The molecule has 1 N–H and O–H groups in total. The lowest BCUT2D eigenvalue weighted by Gasteiger charge is -2.26. The molecule has 44 heavy (non-hydrogen) atoms. The quantitative estimate of drug-likeness (QED) is 0.183. The fraction of sp³-hybridized carbons (Fsp3) is 0.222. The van der Waals surface area contributed by atoms with Gasteiger partial charge in [0.15, 0.2) is 17.7 Å². The highest BCUT2D eigenvalue weighted by atomic mass is 35.5. The number of pyridine rings is 2. The zero-order valence-corrected chi connectivity index (χ0v) is 25.5. The van der Waals surface area contributed by atoms with E-state index in [1.54, 1.807) is 12.4 Å². The van der Waals surface area contributed by atoms with Gasteiger partial charge in [-0.15, -0.1) is 0 Å². The van der Waals surface area contributed by atoms with E-state index >= 15 is 0 Å². The minimum atomic E-state index is 0.530. The smallest absolute Gasteiger partial charge is 0.227 e. The van der Waals surface area contributed by atoms with Gasteiger partial charge in [0.05, 0.1) is 5.02 Å². The number of aldehydes is 1. The molecule has 0 unspecified atom stereocenters. The third kappa shape index (κ3) is 5.34. The Balaban J connectivity index is 1.22. The van der Waals surface area contributed by atoms with Gasteiger partial charge in [0, 0.05) is 41.1 Å². The molecule has 7 rings (SSSR count).